The molecule has 2 nitrogen and oxygen atoms in total. The predicted octanol–water partition coefficient (Wildman–Crippen LogP) is 1.11. The second-order valence-corrected chi connectivity index (χ2v) is 3.44. The molecule has 0 N–H and O–H groups in total. The van der Waals surface area contributed by atoms with Crippen molar-refractivity contribution in [3.8, 4) is 0 Å². The first-order valence-corrected chi connectivity index (χ1v) is 4.99. The lowest BCUT2D eigenvalue weighted by molar-refractivity contribution is 0.350. The monoisotopic (exact) mass is 180 g/mol. The van der Waals surface area contributed by atoms with Crippen molar-refractivity contribution in [3.05, 3.63) is 0 Å². The van der Waals surface area contributed by atoms with Gasteiger partial charge in [0.25, 0.3) is 0 Å². The average molecular weight is 180 g/mol. The van der Waals surface area contributed by atoms with Gasteiger partial charge in [-0.25, -0.2) is 0 Å². The SMILES string of the molecule is CCCC[PH](=O)OCC.[AlH3]. The van der Waals surface area contributed by atoms with Crippen LogP contribution in [0.3, 0.4) is 0 Å². The van der Waals surface area contributed by atoms with E-state index in [0.29, 0.717) is 6.61 Å². The van der Waals surface area contributed by atoms with Crippen LogP contribution in [0, 0.1) is 0 Å². The van der Waals surface area contributed by atoms with Crippen LogP contribution in [0.25, 0.3) is 0 Å². The fourth-order valence-electron chi connectivity index (χ4n) is 0.554. The molecular formula is C6H18AlO2P. The van der Waals surface area contributed by atoms with Crippen molar-refractivity contribution in [2.75, 3.05) is 12.8 Å². The highest BCUT2D eigenvalue weighted by atomic mass is 31.1. The van der Waals surface area contributed by atoms with Crippen molar-refractivity contribution < 1.29 is 9.09 Å². The van der Waals surface area contributed by atoms with Gasteiger partial charge in [0, 0.05) is 6.16 Å². The first-order chi connectivity index (χ1) is 4.31. The van der Waals surface area contributed by atoms with Crippen LogP contribution in [0.1, 0.15) is 26.7 Å². The summed E-state index contributed by atoms with van der Waals surface area (Å²) in [7, 11) is -1.65. The molecule has 0 saturated carbocycles. The zero-order valence-corrected chi connectivity index (χ0v) is 7.14. The lowest BCUT2D eigenvalue weighted by Crippen LogP contribution is -1.82. The molecule has 0 saturated heterocycles. The summed E-state index contributed by atoms with van der Waals surface area (Å²) >= 11 is 0. The van der Waals surface area contributed by atoms with E-state index < -0.39 is 8.03 Å². The van der Waals surface area contributed by atoms with Crippen molar-refractivity contribution >= 4 is 25.4 Å². The molecular weight excluding hydrogens is 162 g/mol. The van der Waals surface area contributed by atoms with Gasteiger partial charge in [0.1, 0.15) is 0 Å². The highest BCUT2D eigenvalue weighted by Gasteiger charge is 1.94. The van der Waals surface area contributed by atoms with E-state index in [-0.39, 0.29) is 17.4 Å². The molecule has 1 atom stereocenters. The van der Waals surface area contributed by atoms with Crippen LogP contribution in [0.15, 0.2) is 0 Å². The molecule has 0 spiro atoms. The summed E-state index contributed by atoms with van der Waals surface area (Å²) in [5.74, 6) is 0. The van der Waals surface area contributed by atoms with Crippen LogP contribution < -0.4 is 0 Å². The van der Waals surface area contributed by atoms with E-state index in [0.717, 1.165) is 19.0 Å². The Labute approximate surface area is 74.3 Å². The summed E-state index contributed by atoms with van der Waals surface area (Å²) in [5.41, 5.74) is 0. The summed E-state index contributed by atoms with van der Waals surface area (Å²) in [6.45, 7) is 4.54. The molecule has 0 bridgehead atoms. The molecule has 0 heterocycles. The van der Waals surface area contributed by atoms with Gasteiger partial charge in [0.15, 0.2) is 25.4 Å². The minimum Gasteiger partial charge on any atom is -0.331 e. The summed E-state index contributed by atoms with van der Waals surface area (Å²) < 4.78 is 15.7. The number of unbranched alkanes of at least 4 members (excludes halogenated alkanes) is 1. The maximum Gasteiger partial charge on any atom is 0.191 e. The highest BCUT2D eigenvalue weighted by Crippen LogP contribution is 2.22. The summed E-state index contributed by atoms with van der Waals surface area (Å²) in [6.07, 6.45) is 2.89. The zero-order valence-electron chi connectivity index (χ0n) is 6.14. The van der Waals surface area contributed by atoms with Crippen molar-refractivity contribution in [1.82, 2.24) is 0 Å². The molecule has 0 aliphatic carbocycles. The first-order valence-electron chi connectivity index (χ1n) is 3.46. The molecule has 10 heavy (non-hydrogen) atoms. The van der Waals surface area contributed by atoms with Crippen molar-refractivity contribution in [3.63, 3.8) is 0 Å². The number of hydrogen-bond acceptors (Lipinski definition) is 2. The minimum absolute atomic E-state index is 0. The van der Waals surface area contributed by atoms with E-state index in [9.17, 15) is 4.57 Å². The summed E-state index contributed by atoms with van der Waals surface area (Å²) in [4.78, 5) is 0. The first kappa shape index (κ1) is 13.3. The van der Waals surface area contributed by atoms with Gasteiger partial charge in [0.2, 0.25) is 0 Å². The fourth-order valence-corrected chi connectivity index (χ4v) is 1.66. The second-order valence-electron chi connectivity index (χ2n) is 1.91. The van der Waals surface area contributed by atoms with E-state index in [2.05, 4.69) is 6.92 Å². The maximum atomic E-state index is 10.8. The van der Waals surface area contributed by atoms with Crippen molar-refractivity contribution in [2.24, 2.45) is 0 Å². The van der Waals surface area contributed by atoms with Crippen molar-refractivity contribution in [2.45, 2.75) is 26.7 Å². The fraction of sp³-hybridized carbons (Fsp3) is 1.00. The minimum atomic E-state index is -1.65. The molecule has 0 aromatic carbocycles. The van der Waals surface area contributed by atoms with E-state index in [4.69, 9.17) is 4.52 Å². The van der Waals surface area contributed by atoms with Crippen LogP contribution in [-0.4, -0.2) is 30.1 Å². The molecule has 0 amide bonds. The summed E-state index contributed by atoms with van der Waals surface area (Å²) in [6, 6.07) is 0. The van der Waals surface area contributed by atoms with Gasteiger partial charge in [-0.2, -0.15) is 0 Å². The van der Waals surface area contributed by atoms with Gasteiger partial charge >= 0.3 is 0 Å². The Hall–Kier alpha value is 0.722. The lowest BCUT2D eigenvalue weighted by Gasteiger charge is -1.97. The maximum absolute atomic E-state index is 10.8. The van der Waals surface area contributed by atoms with Crippen LogP contribution in [0.4, 0.5) is 0 Å². The Balaban J connectivity index is 0. The van der Waals surface area contributed by atoms with E-state index in [1.165, 1.54) is 0 Å². The Morgan fingerprint density at radius 2 is 2.00 bits per heavy atom. The van der Waals surface area contributed by atoms with Crippen LogP contribution >= 0.6 is 8.03 Å². The van der Waals surface area contributed by atoms with E-state index >= 15 is 0 Å². The predicted molar refractivity (Wildman–Crippen MR) is 50.3 cm³/mol. The van der Waals surface area contributed by atoms with Gasteiger partial charge in [-0.1, -0.05) is 13.3 Å². The van der Waals surface area contributed by atoms with Gasteiger partial charge < -0.3 is 4.52 Å². The van der Waals surface area contributed by atoms with Crippen LogP contribution in [-0.2, 0) is 9.09 Å². The largest absolute Gasteiger partial charge is 0.331 e. The zero-order chi connectivity index (χ0) is 7.11. The molecule has 0 radical (unpaired) electrons. The quantitative estimate of drug-likeness (QED) is 0.468. The molecule has 0 fully saturated rings. The summed E-state index contributed by atoms with van der Waals surface area (Å²) in [5, 5.41) is 0. The highest BCUT2D eigenvalue weighted by molar-refractivity contribution is 7.39. The molecule has 0 aromatic heterocycles. The third-order valence-electron chi connectivity index (χ3n) is 1.04. The molecule has 0 aromatic rings. The van der Waals surface area contributed by atoms with Gasteiger partial charge in [0.05, 0.1) is 6.61 Å². The number of rotatable bonds is 5. The topological polar surface area (TPSA) is 26.3 Å². The number of hydrogen-bond donors (Lipinski definition) is 0. The average Bonchev–Trinajstić information content (AvgIpc) is 1.85. The van der Waals surface area contributed by atoms with E-state index in [1.807, 2.05) is 6.92 Å². The molecule has 0 rings (SSSR count). The van der Waals surface area contributed by atoms with Crippen molar-refractivity contribution in [1.29, 1.82) is 0 Å². The molecule has 4 heteroatoms. The van der Waals surface area contributed by atoms with Gasteiger partial charge in [-0.3, -0.25) is 4.57 Å². The van der Waals surface area contributed by atoms with Gasteiger partial charge in [-0.15, -0.1) is 0 Å². The second kappa shape index (κ2) is 9.72. The smallest absolute Gasteiger partial charge is 0.191 e. The molecule has 62 valence electrons. The Bertz CT molecular complexity index is 87.8. The third-order valence-corrected chi connectivity index (χ3v) is 2.41. The molecule has 0 aliphatic rings. The Morgan fingerprint density at radius 1 is 1.40 bits per heavy atom. The Morgan fingerprint density at radius 3 is 2.40 bits per heavy atom. The lowest BCUT2D eigenvalue weighted by atomic mass is 10.4. The van der Waals surface area contributed by atoms with Gasteiger partial charge in [-0.05, 0) is 13.3 Å². The third kappa shape index (κ3) is 8.72. The molecule has 0 aliphatic heterocycles. The van der Waals surface area contributed by atoms with E-state index in [1.54, 1.807) is 0 Å². The molecule has 1 unspecified atom stereocenters. The van der Waals surface area contributed by atoms with Crippen LogP contribution in [0.5, 0.6) is 0 Å². The Kier molecular flexibility index (Phi) is 13.0. The van der Waals surface area contributed by atoms with Crippen LogP contribution in [0.2, 0.25) is 0 Å². The normalized spacial score (nSPS) is 12.2. The standard InChI is InChI=1S/C6H15O2P.Al.3H/c1-3-5-6-9(7)8-4-2;;;;/h9H,3-6H2,1-2H3;;;;.